The van der Waals surface area contributed by atoms with E-state index in [1.165, 1.54) is 0 Å². The van der Waals surface area contributed by atoms with E-state index in [-0.39, 0.29) is 6.04 Å². The average molecular weight is 230 g/mol. The molecular formula is C11H16ClNO2. The van der Waals surface area contributed by atoms with Gasteiger partial charge in [0.15, 0.2) is 0 Å². The van der Waals surface area contributed by atoms with Gasteiger partial charge in [0.2, 0.25) is 0 Å². The summed E-state index contributed by atoms with van der Waals surface area (Å²) in [6.07, 6.45) is 0.779. The van der Waals surface area contributed by atoms with E-state index < -0.39 is 0 Å². The molecule has 1 unspecified atom stereocenters. The molecule has 1 atom stereocenters. The Bertz CT molecular complexity index is 294. The van der Waals surface area contributed by atoms with Gasteiger partial charge in [-0.3, -0.25) is 0 Å². The quantitative estimate of drug-likeness (QED) is 0.813. The van der Waals surface area contributed by atoms with Gasteiger partial charge in [-0.2, -0.15) is 0 Å². The Hall–Kier alpha value is -0.770. The topological polar surface area (TPSA) is 44.5 Å². The van der Waals surface area contributed by atoms with Crippen LogP contribution in [0, 0.1) is 0 Å². The van der Waals surface area contributed by atoms with Crippen LogP contribution in [0.25, 0.3) is 0 Å². The summed E-state index contributed by atoms with van der Waals surface area (Å²) in [4.78, 5) is 0. The highest BCUT2D eigenvalue weighted by atomic mass is 35.5. The number of hydrogen-bond donors (Lipinski definition) is 1. The van der Waals surface area contributed by atoms with Gasteiger partial charge in [-0.15, -0.1) is 0 Å². The third kappa shape index (κ3) is 4.51. The largest absolute Gasteiger partial charge is 0.490 e. The summed E-state index contributed by atoms with van der Waals surface area (Å²) in [5, 5.41) is 0.608. The van der Waals surface area contributed by atoms with Crippen molar-refractivity contribution in [2.24, 2.45) is 5.73 Å². The van der Waals surface area contributed by atoms with E-state index in [4.69, 9.17) is 26.8 Å². The van der Waals surface area contributed by atoms with Crippen LogP contribution in [0.4, 0.5) is 0 Å². The molecule has 0 bridgehead atoms. The molecule has 3 nitrogen and oxygen atoms in total. The fraction of sp³-hybridized carbons (Fsp3) is 0.455. The maximum atomic E-state index is 5.92. The second-order valence-electron chi connectivity index (χ2n) is 3.28. The van der Waals surface area contributed by atoms with Gasteiger partial charge in [0, 0.05) is 19.8 Å². The molecule has 0 amide bonds. The van der Waals surface area contributed by atoms with E-state index in [1.54, 1.807) is 13.2 Å². The van der Waals surface area contributed by atoms with E-state index >= 15 is 0 Å². The summed E-state index contributed by atoms with van der Waals surface area (Å²) < 4.78 is 10.4. The molecule has 0 aliphatic rings. The summed E-state index contributed by atoms with van der Waals surface area (Å²) in [5.74, 6) is 0.673. The van der Waals surface area contributed by atoms with Crippen molar-refractivity contribution in [1.82, 2.24) is 0 Å². The van der Waals surface area contributed by atoms with E-state index in [1.807, 2.05) is 18.2 Å². The molecule has 0 aliphatic heterocycles. The molecular weight excluding hydrogens is 214 g/mol. The monoisotopic (exact) mass is 229 g/mol. The molecule has 1 rings (SSSR count). The van der Waals surface area contributed by atoms with Crippen LogP contribution in [0.2, 0.25) is 5.02 Å². The summed E-state index contributed by atoms with van der Waals surface area (Å²) in [5.41, 5.74) is 5.81. The Morgan fingerprint density at radius 2 is 2.13 bits per heavy atom. The van der Waals surface area contributed by atoms with Gasteiger partial charge in [0.25, 0.3) is 0 Å². The van der Waals surface area contributed by atoms with Crippen LogP contribution in [0.1, 0.15) is 6.42 Å². The maximum Gasteiger partial charge on any atom is 0.137 e. The Balaban J connectivity index is 2.33. The number of para-hydroxylation sites is 1. The number of rotatable bonds is 6. The van der Waals surface area contributed by atoms with Crippen LogP contribution in [-0.4, -0.2) is 26.4 Å². The minimum absolute atomic E-state index is 0.0266. The molecule has 15 heavy (non-hydrogen) atoms. The van der Waals surface area contributed by atoms with Crippen molar-refractivity contribution in [3.8, 4) is 5.75 Å². The fourth-order valence-corrected chi connectivity index (χ4v) is 1.30. The first kappa shape index (κ1) is 12.3. The molecule has 1 aromatic rings. The Labute approximate surface area is 95.1 Å². The number of halogens is 1. The molecule has 0 saturated heterocycles. The SMILES string of the molecule is COCCC(N)COc1ccccc1Cl. The Morgan fingerprint density at radius 3 is 2.80 bits per heavy atom. The molecule has 4 heteroatoms. The molecule has 84 valence electrons. The molecule has 0 saturated carbocycles. The lowest BCUT2D eigenvalue weighted by atomic mass is 10.2. The fourth-order valence-electron chi connectivity index (χ4n) is 1.11. The van der Waals surface area contributed by atoms with Crippen LogP contribution in [-0.2, 0) is 4.74 Å². The zero-order valence-corrected chi connectivity index (χ0v) is 9.54. The highest BCUT2D eigenvalue weighted by Crippen LogP contribution is 2.23. The number of methoxy groups -OCH3 is 1. The highest BCUT2D eigenvalue weighted by molar-refractivity contribution is 6.32. The smallest absolute Gasteiger partial charge is 0.137 e. The summed E-state index contributed by atoms with van der Waals surface area (Å²) in [6, 6.07) is 7.33. The third-order valence-corrected chi connectivity index (χ3v) is 2.29. The van der Waals surface area contributed by atoms with Crippen molar-refractivity contribution in [3.05, 3.63) is 29.3 Å². The van der Waals surface area contributed by atoms with Gasteiger partial charge in [0.05, 0.1) is 5.02 Å². The van der Waals surface area contributed by atoms with E-state index in [2.05, 4.69) is 0 Å². The predicted molar refractivity (Wildman–Crippen MR) is 61.4 cm³/mol. The minimum Gasteiger partial charge on any atom is -0.490 e. The first-order chi connectivity index (χ1) is 7.24. The summed E-state index contributed by atoms with van der Waals surface area (Å²) in [7, 11) is 1.65. The highest BCUT2D eigenvalue weighted by Gasteiger charge is 2.05. The maximum absolute atomic E-state index is 5.92. The van der Waals surface area contributed by atoms with E-state index in [9.17, 15) is 0 Å². The van der Waals surface area contributed by atoms with Gasteiger partial charge >= 0.3 is 0 Å². The summed E-state index contributed by atoms with van der Waals surface area (Å²) >= 11 is 5.92. The predicted octanol–water partition coefficient (Wildman–Crippen LogP) is 2.08. The van der Waals surface area contributed by atoms with Crippen LogP contribution in [0.5, 0.6) is 5.75 Å². The van der Waals surface area contributed by atoms with Gasteiger partial charge in [0.1, 0.15) is 12.4 Å². The van der Waals surface area contributed by atoms with Crippen molar-refractivity contribution < 1.29 is 9.47 Å². The van der Waals surface area contributed by atoms with Crippen molar-refractivity contribution in [3.63, 3.8) is 0 Å². The standard InChI is InChI=1S/C11H16ClNO2/c1-14-7-6-9(13)8-15-11-5-3-2-4-10(11)12/h2-5,9H,6-8,13H2,1H3. The zero-order valence-electron chi connectivity index (χ0n) is 8.78. The van der Waals surface area contributed by atoms with Gasteiger partial charge in [-0.25, -0.2) is 0 Å². The van der Waals surface area contributed by atoms with Crippen LogP contribution in [0.15, 0.2) is 24.3 Å². The molecule has 1 aromatic carbocycles. The molecule has 0 heterocycles. The lowest BCUT2D eigenvalue weighted by Gasteiger charge is -2.13. The first-order valence-corrected chi connectivity index (χ1v) is 5.23. The Kier molecular flexibility index (Phi) is 5.47. The number of hydrogen-bond acceptors (Lipinski definition) is 3. The number of benzene rings is 1. The summed E-state index contributed by atoms with van der Waals surface area (Å²) in [6.45, 7) is 1.10. The molecule has 0 spiro atoms. The van der Waals surface area contributed by atoms with Crippen LogP contribution < -0.4 is 10.5 Å². The first-order valence-electron chi connectivity index (χ1n) is 4.86. The molecule has 2 N–H and O–H groups in total. The molecule has 0 aliphatic carbocycles. The Morgan fingerprint density at radius 1 is 1.40 bits per heavy atom. The van der Waals surface area contributed by atoms with Crippen LogP contribution in [0.3, 0.4) is 0 Å². The number of ether oxygens (including phenoxy) is 2. The minimum atomic E-state index is -0.0266. The second-order valence-corrected chi connectivity index (χ2v) is 3.69. The molecule has 0 radical (unpaired) electrons. The van der Waals surface area contributed by atoms with Gasteiger partial charge in [-0.1, -0.05) is 23.7 Å². The third-order valence-electron chi connectivity index (χ3n) is 1.98. The van der Waals surface area contributed by atoms with Crippen molar-refractivity contribution in [2.75, 3.05) is 20.3 Å². The van der Waals surface area contributed by atoms with Crippen molar-refractivity contribution in [1.29, 1.82) is 0 Å². The van der Waals surface area contributed by atoms with Crippen LogP contribution >= 0.6 is 11.6 Å². The van der Waals surface area contributed by atoms with Crippen molar-refractivity contribution >= 4 is 11.6 Å². The van der Waals surface area contributed by atoms with Gasteiger partial charge in [-0.05, 0) is 18.6 Å². The lowest BCUT2D eigenvalue weighted by molar-refractivity contribution is 0.175. The average Bonchev–Trinajstić information content (AvgIpc) is 2.25. The lowest BCUT2D eigenvalue weighted by Crippen LogP contribution is -2.29. The normalized spacial score (nSPS) is 12.5. The van der Waals surface area contributed by atoms with Crippen molar-refractivity contribution in [2.45, 2.75) is 12.5 Å². The second kappa shape index (κ2) is 6.67. The molecule has 0 fully saturated rings. The van der Waals surface area contributed by atoms with E-state index in [0.717, 1.165) is 6.42 Å². The zero-order chi connectivity index (χ0) is 11.1. The van der Waals surface area contributed by atoms with Gasteiger partial charge < -0.3 is 15.2 Å². The van der Waals surface area contributed by atoms with E-state index in [0.29, 0.717) is 24.0 Å². The molecule has 0 aromatic heterocycles. The number of nitrogens with two attached hydrogens (primary N) is 1.